The van der Waals surface area contributed by atoms with E-state index in [1.807, 2.05) is 32.9 Å². The van der Waals surface area contributed by atoms with Crippen LogP contribution in [0, 0.1) is 11.6 Å². The lowest BCUT2D eigenvalue weighted by Gasteiger charge is -2.24. The molecule has 0 aliphatic carbocycles. The molecular weight excluding hydrogens is 426 g/mol. The number of carbonyl (C=O) groups excluding carboxylic acids is 2. The van der Waals surface area contributed by atoms with Gasteiger partial charge in [-0.3, -0.25) is 9.59 Å². The highest BCUT2D eigenvalue weighted by Gasteiger charge is 2.30. The summed E-state index contributed by atoms with van der Waals surface area (Å²) in [5.41, 5.74) is 1.74. The maximum absolute atomic E-state index is 14.4. The molecule has 8 heteroatoms. The number of anilines is 2. The van der Waals surface area contributed by atoms with Gasteiger partial charge in [-0.15, -0.1) is 0 Å². The molecule has 0 saturated carbocycles. The predicted molar refractivity (Wildman–Crippen MR) is 122 cm³/mol. The van der Waals surface area contributed by atoms with Crippen LogP contribution in [0.25, 0.3) is 11.3 Å². The number of rotatable bonds is 6. The third-order valence-electron chi connectivity index (χ3n) is 5.75. The number of nitrogens with one attached hydrogen (secondary N) is 3. The second-order valence-corrected chi connectivity index (χ2v) is 8.34. The molecule has 33 heavy (non-hydrogen) atoms. The lowest BCUT2D eigenvalue weighted by Crippen LogP contribution is -2.39. The van der Waals surface area contributed by atoms with Gasteiger partial charge in [0.1, 0.15) is 11.6 Å². The first-order valence-corrected chi connectivity index (χ1v) is 10.6. The van der Waals surface area contributed by atoms with E-state index in [0.29, 0.717) is 29.2 Å². The number of fused-ring (bicyclic) bond motifs is 1. The molecule has 1 aliphatic heterocycles. The van der Waals surface area contributed by atoms with Crippen LogP contribution in [0.2, 0.25) is 0 Å². The van der Waals surface area contributed by atoms with E-state index in [0.717, 1.165) is 5.56 Å². The predicted octanol–water partition coefficient (Wildman–Crippen LogP) is 4.43. The van der Waals surface area contributed by atoms with Crippen molar-refractivity contribution in [2.24, 2.45) is 0 Å². The smallest absolute Gasteiger partial charge is 0.255 e. The molecular formula is C25H24F2N4O2. The molecule has 170 valence electrons. The number of benzene rings is 2. The number of hydrogen-bond donors (Lipinski definition) is 3. The van der Waals surface area contributed by atoms with E-state index < -0.39 is 17.0 Å². The Morgan fingerprint density at radius 1 is 1.09 bits per heavy atom. The van der Waals surface area contributed by atoms with Crippen molar-refractivity contribution < 1.29 is 18.4 Å². The van der Waals surface area contributed by atoms with Crippen molar-refractivity contribution in [2.75, 3.05) is 11.9 Å². The van der Waals surface area contributed by atoms with E-state index >= 15 is 0 Å². The maximum Gasteiger partial charge on any atom is 0.255 e. The Bertz CT molecular complexity index is 1220. The Hall–Kier alpha value is -3.81. The fraction of sp³-hybridized carbons (Fsp3) is 0.240. The highest BCUT2D eigenvalue weighted by atomic mass is 19.1. The number of aromatic nitrogens is 1. The van der Waals surface area contributed by atoms with Gasteiger partial charge in [0.15, 0.2) is 0 Å². The Labute approximate surface area is 190 Å². The van der Waals surface area contributed by atoms with Gasteiger partial charge in [-0.2, -0.15) is 0 Å². The van der Waals surface area contributed by atoms with Crippen molar-refractivity contribution >= 4 is 23.2 Å². The fourth-order valence-corrected chi connectivity index (χ4v) is 3.84. The van der Waals surface area contributed by atoms with Gasteiger partial charge >= 0.3 is 0 Å². The maximum atomic E-state index is 14.4. The number of amides is 2. The van der Waals surface area contributed by atoms with Crippen molar-refractivity contribution in [3.05, 3.63) is 77.0 Å². The topological polar surface area (TPSA) is 83.1 Å². The number of halogens is 2. The quantitative estimate of drug-likeness (QED) is 0.519. The van der Waals surface area contributed by atoms with Crippen LogP contribution in [-0.4, -0.2) is 23.3 Å². The number of nitrogens with zero attached hydrogens (tertiary/aromatic N) is 1. The molecule has 0 spiro atoms. The Balaban J connectivity index is 1.71. The van der Waals surface area contributed by atoms with Gasteiger partial charge in [0.25, 0.3) is 5.91 Å². The van der Waals surface area contributed by atoms with Crippen LogP contribution in [0.15, 0.2) is 48.5 Å². The normalized spacial score (nSPS) is 12.8. The zero-order valence-electron chi connectivity index (χ0n) is 18.6. The summed E-state index contributed by atoms with van der Waals surface area (Å²) in [6.07, 6.45) is 0. The van der Waals surface area contributed by atoms with Crippen molar-refractivity contribution in [3.8, 4) is 11.3 Å². The van der Waals surface area contributed by atoms with Gasteiger partial charge in [-0.1, -0.05) is 18.2 Å². The summed E-state index contributed by atoms with van der Waals surface area (Å²) in [6.45, 7) is 6.27. The summed E-state index contributed by atoms with van der Waals surface area (Å²) in [7, 11) is 0. The minimum absolute atomic E-state index is 0.0779. The van der Waals surface area contributed by atoms with Crippen molar-refractivity contribution in [2.45, 2.75) is 32.7 Å². The third-order valence-corrected chi connectivity index (χ3v) is 5.75. The summed E-state index contributed by atoms with van der Waals surface area (Å²) in [5, 5.41) is 8.71. The van der Waals surface area contributed by atoms with Crippen molar-refractivity contribution in [1.29, 1.82) is 0 Å². The van der Waals surface area contributed by atoms with Gasteiger partial charge in [0, 0.05) is 12.2 Å². The molecule has 2 amide bonds. The summed E-state index contributed by atoms with van der Waals surface area (Å²) >= 11 is 0. The number of carbonyl (C=O) groups is 2. The molecule has 4 rings (SSSR count). The lowest BCUT2D eigenvalue weighted by atomic mass is 9.83. The van der Waals surface area contributed by atoms with Crippen LogP contribution in [0.1, 0.15) is 42.4 Å². The summed E-state index contributed by atoms with van der Waals surface area (Å²) in [6, 6.07) is 12.3. The molecule has 2 aromatic carbocycles. The van der Waals surface area contributed by atoms with Crippen LogP contribution in [0.3, 0.4) is 0 Å². The first-order chi connectivity index (χ1) is 15.7. The van der Waals surface area contributed by atoms with E-state index in [2.05, 4.69) is 20.9 Å². The second-order valence-electron chi connectivity index (χ2n) is 8.34. The summed E-state index contributed by atoms with van der Waals surface area (Å²) in [4.78, 5) is 29.1. The zero-order valence-corrected chi connectivity index (χ0v) is 18.6. The molecule has 1 aromatic heterocycles. The Morgan fingerprint density at radius 3 is 2.39 bits per heavy atom. The van der Waals surface area contributed by atoms with Gasteiger partial charge in [0.05, 0.1) is 40.2 Å². The van der Waals surface area contributed by atoms with Crippen LogP contribution in [0.5, 0.6) is 0 Å². The van der Waals surface area contributed by atoms with Gasteiger partial charge < -0.3 is 16.0 Å². The van der Waals surface area contributed by atoms with Gasteiger partial charge in [-0.25, -0.2) is 13.8 Å². The standard InChI is InChI=1S/C25H24F2N4O2/c1-4-28-24(33)25(2,3)14-8-10-15(11-9-14)30-19-12-18(21-16(26)6-5-7-17(21)27)31-20-13-29-23(32)22(19)20/h5-12H,4,13H2,1-3H3,(H,28,33)(H,29,32)(H,30,31). The van der Waals surface area contributed by atoms with E-state index in [4.69, 9.17) is 0 Å². The van der Waals surface area contributed by atoms with E-state index in [1.54, 1.807) is 12.1 Å². The third kappa shape index (κ3) is 4.16. The highest BCUT2D eigenvalue weighted by Crippen LogP contribution is 2.34. The molecule has 0 atom stereocenters. The molecule has 0 unspecified atom stereocenters. The minimum Gasteiger partial charge on any atom is -0.356 e. The number of likely N-dealkylation sites (N-methyl/N-ethyl adjacent to an activating group) is 1. The highest BCUT2D eigenvalue weighted by molar-refractivity contribution is 6.04. The fourth-order valence-electron chi connectivity index (χ4n) is 3.84. The second kappa shape index (κ2) is 8.61. The van der Waals surface area contributed by atoms with E-state index in [9.17, 15) is 18.4 Å². The molecule has 0 bridgehead atoms. The minimum atomic E-state index is -0.734. The van der Waals surface area contributed by atoms with E-state index in [1.165, 1.54) is 24.3 Å². The van der Waals surface area contributed by atoms with Crippen LogP contribution in [0.4, 0.5) is 20.2 Å². The van der Waals surface area contributed by atoms with Gasteiger partial charge in [0.2, 0.25) is 5.91 Å². The lowest BCUT2D eigenvalue weighted by molar-refractivity contribution is -0.125. The molecule has 0 saturated heterocycles. The average molecular weight is 450 g/mol. The first kappa shape index (κ1) is 22.4. The molecule has 1 aliphatic rings. The largest absolute Gasteiger partial charge is 0.356 e. The summed E-state index contributed by atoms with van der Waals surface area (Å²) in [5.74, 6) is -1.86. The van der Waals surface area contributed by atoms with Crippen molar-refractivity contribution in [1.82, 2.24) is 15.6 Å². The van der Waals surface area contributed by atoms with Crippen LogP contribution in [-0.2, 0) is 16.8 Å². The molecule has 6 nitrogen and oxygen atoms in total. The summed E-state index contributed by atoms with van der Waals surface area (Å²) < 4.78 is 28.8. The molecule has 0 fully saturated rings. The van der Waals surface area contributed by atoms with E-state index in [-0.39, 0.29) is 29.6 Å². The molecule has 3 aromatic rings. The number of hydrogen-bond acceptors (Lipinski definition) is 4. The molecule has 3 N–H and O–H groups in total. The zero-order chi connectivity index (χ0) is 23.8. The monoisotopic (exact) mass is 450 g/mol. The SMILES string of the molecule is CCNC(=O)C(C)(C)c1ccc(Nc2cc(-c3c(F)cccc3F)nc3c2C(=O)NC3)cc1. The Morgan fingerprint density at radius 2 is 1.76 bits per heavy atom. The number of pyridine rings is 1. The van der Waals surface area contributed by atoms with Crippen LogP contribution >= 0.6 is 0 Å². The first-order valence-electron chi connectivity index (χ1n) is 10.6. The molecule has 0 radical (unpaired) electrons. The van der Waals surface area contributed by atoms with Gasteiger partial charge in [-0.05, 0) is 56.7 Å². The van der Waals surface area contributed by atoms with Crippen LogP contribution < -0.4 is 16.0 Å². The average Bonchev–Trinajstić information content (AvgIpc) is 3.15. The Kier molecular flexibility index (Phi) is 5.84. The molecule has 2 heterocycles. The van der Waals surface area contributed by atoms with Crippen molar-refractivity contribution in [3.63, 3.8) is 0 Å².